The zero-order chi connectivity index (χ0) is 10.3. The first-order chi connectivity index (χ1) is 6.65. The normalized spacial score (nSPS) is 27.7. The van der Waals surface area contributed by atoms with Crippen molar-refractivity contribution in [3.05, 3.63) is 10.3 Å². The van der Waals surface area contributed by atoms with Crippen LogP contribution in [0.4, 0.5) is 0 Å². The van der Waals surface area contributed by atoms with E-state index in [0.717, 1.165) is 22.1 Å². The average molecular weight is 259 g/mol. The molecule has 3 unspecified atom stereocenters. The molecule has 14 heavy (non-hydrogen) atoms. The Labute approximate surface area is 92.2 Å². The van der Waals surface area contributed by atoms with Gasteiger partial charge in [0.2, 0.25) is 0 Å². The summed E-state index contributed by atoms with van der Waals surface area (Å²) in [4.78, 5) is 0. The Bertz CT molecular complexity index is 316. The van der Waals surface area contributed by atoms with E-state index in [2.05, 4.69) is 38.5 Å². The number of rotatable bonds is 3. The molecule has 1 aromatic rings. The Morgan fingerprint density at radius 2 is 2.29 bits per heavy atom. The molecule has 0 saturated heterocycles. The van der Waals surface area contributed by atoms with E-state index in [0.29, 0.717) is 6.04 Å². The van der Waals surface area contributed by atoms with Crippen LogP contribution in [0, 0.1) is 11.8 Å². The second-order valence-electron chi connectivity index (χ2n) is 4.03. The lowest BCUT2D eigenvalue weighted by Crippen LogP contribution is -2.22. The molecule has 1 aromatic heterocycles. The summed E-state index contributed by atoms with van der Waals surface area (Å²) in [5.74, 6) is 1.54. The predicted octanol–water partition coefficient (Wildman–Crippen LogP) is 1.49. The highest BCUT2D eigenvalue weighted by Gasteiger charge is 2.41. The van der Waals surface area contributed by atoms with Crippen molar-refractivity contribution in [1.82, 2.24) is 20.3 Å². The minimum Gasteiger partial charge on any atom is -0.311 e. The van der Waals surface area contributed by atoms with Crippen LogP contribution >= 0.6 is 15.9 Å². The zero-order valence-electron chi connectivity index (χ0n) is 8.66. The van der Waals surface area contributed by atoms with Crippen molar-refractivity contribution >= 4 is 15.9 Å². The average Bonchev–Trinajstić information content (AvgIpc) is 2.78. The van der Waals surface area contributed by atoms with E-state index in [4.69, 9.17) is 0 Å². The van der Waals surface area contributed by atoms with Crippen LogP contribution < -0.4 is 5.32 Å². The van der Waals surface area contributed by atoms with Crippen LogP contribution in [0.25, 0.3) is 0 Å². The first kappa shape index (κ1) is 10.1. The summed E-state index contributed by atoms with van der Waals surface area (Å²) in [6.45, 7) is 2.28. The van der Waals surface area contributed by atoms with Gasteiger partial charge in [-0.2, -0.15) is 0 Å². The molecule has 5 heteroatoms. The van der Waals surface area contributed by atoms with Crippen LogP contribution in [0.5, 0.6) is 0 Å². The lowest BCUT2D eigenvalue weighted by Gasteiger charge is -2.15. The third-order valence-electron chi connectivity index (χ3n) is 3.03. The number of hydrogen-bond acceptors (Lipinski definition) is 3. The van der Waals surface area contributed by atoms with E-state index in [-0.39, 0.29) is 0 Å². The molecule has 0 radical (unpaired) electrons. The minimum absolute atomic E-state index is 0.374. The molecule has 0 bridgehead atoms. The van der Waals surface area contributed by atoms with E-state index in [9.17, 15) is 0 Å². The molecular weight excluding hydrogens is 244 g/mol. The van der Waals surface area contributed by atoms with E-state index in [1.165, 1.54) is 6.42 Å². The topological polar surface area (TPSA) is 42.7 Å². The summed E-state index contributed by atoms with van der Waals surface area (Å²) >= 11 is 3.44. The Hall–Kier alpha value is -0.420. The summed E-state index contributed by atoms with van der Waals surface area (Å²) in [6, 6.07) is 0.374. The number of hydrogen-bond donors (Lipinski definition) is 1. The maximum atomic E-state index is 4.01. The van der Waals surface area contributed by atoms with E-state index < -0.39 is 0 Å². The fraction of sp³-hybridized carbons (Fsp3) is 0.778. The molecular formula is C9H15BrN4. The summed E-state index contributed by atoms with van der Waals surface area (Å²) in [7, 11) is 3.93. The first-order valence-corrected chi connectivity index (χ1v) is 5.66. The van der Waals surface area contributed by atoms with Crippen molar-refractivity contribution in [3.8, 4) is 0 Å². The molecule has 1 saturated carbocycles. The number of aryl methyl sites for hydroxylation is 1. The van der Waals surface area contributed by atoms with Crippen molar-refractivity contribution in [2.75, 3.05) is 7.05 Å². The van der Waals surface area contributed by atoms with Gasteiger partial charge in [-0.05, 0) is 41.2 Å². The molecule has 0 amide bonds. The third kappa shape index (κ3) is 1.59. The molecule has 1 N–H and O–H groups in total. The van der Waals surface area contributed by atoms with Gasteiger partial charge in [-0.3, -0.25) is 0 Å². The van der Waals surface area contributed by atoms with Crippen molar-refractivity contribution in [1.29, 1.82) is 0 Å². The highest BCUT2D eigenvalue weighted by atomic mass is 79.9. The molecule has 0 spiro atoms. The van der Waals surface area contributed by atoms with Gasteiger partial charge in [-0.15, -0.1) is 5.10 Å². The number of halogens is 1. The molecule has 2 rings (SSSR count). The molecule has 1 aliphatic carbocycles. The van der Waals surface area contributed by atoms with Gasteiger partial charge in [-0.25, -0.2) is 4.68 Å². The summed E-state index contributed by atoms with van der Waals surface area (Å²) < 4.78 is 2.70. The van der Waals surface area contributed by atoms with E-state index in [1.54, 1.807) is 0 Å². The molecule has 78 valence electrons. The highest BCUT2D eigenvalue weighted by molar-refractivity contribution is 9.10. The van der Waals surface area contributed by atoms with Gasteiger partial charge in [-0.1, -0.05) is 12.1 Å². The van der Waals surface area contributed by atoms with Gasteiger partial charge >= 0.3 is 0 Å². The van der Waals surface area contributed by atoms with Crippen molar-refractivity contribution in [2.24, 2.45) is 18.9 Å². The second-order valence-corrected chi connectivity index (χ2v) is 4.78. The van der Waals surface area contributed by atoms with Crippen LogP contribution in [0.2, 0.25) is 0 Å². The monoisotopic (exact) mass is 258 g/mol. The standard InChI is InChI=1S/C9H15BrN4/c1-5-4-6(5)7(11-2)8-9(10)12-13-14(8)3/h5-7,11H,4H2,1-3H3. The SMILES string of the molecule is CNC(c1c(Br)nnn1C)C1CC1C. The highest BCUT2D eigenvalue weighted by Crippen LogP contribution is 2.47. The van der Waals surface area contributed by atoms with Gasteiger partial charge in [0.15, 0.2) is 4.60 Å². The minimum atomic E-state index is 0.374. The van der Waals surface area contributed by atoms with E-state index >= 15 is 0 Å². The maximum absolute atomic E-state index is 4.01. The molecule has 1 fully saturated rings. The van der Waals surface area contributed by atoms with Crippen molar-refractivity contribution in [3.63, 3.8) is 0 Å². The summed E-state index contributed by atoms with van der Waals surface area (Å²) in [6.07, 6.45) is 1.29. The van der Waals surface area contributed by atoms with Gasteiger partial charge in [0.05, 0.1) is 11.7 Å². The van der Waals surface area contributed by atoms with Crippen molar-refractivity contribution < 1.29 is 0 Å². The number of nitrogens with zero attached hydrogens (tertiary/aromatic N) is 3. The van der Waals surface area contributed by atoms with Crippen LogP contribution in [-0.4, -0.2) is 22.0 Å². The van der Waals surface area contributed by atoms with Gasteiger partial charge in [0.1, 0.15) is 0 Å². The first-order valence-electron chi connectivity index (χ1n) is 4.87. The lowest BCUT2D eigenvalue weighted by molar-refractivity contribution is 0.466. The largest absolute Gasteiger partial charge is 0.311 e. The Morgan fingerprint density at radius 3 is 2.64 bits per heavy atom. The predicted molar refractivity (Wildman–Crippen MR) is 57.8 cm³/mol. The molecule has 3 atom stereocenters. The van der Waals surface area contributed by atoms with Crippen LogP contribution in [0.1, 0.15) is 25.1 Å². The third-order valence-corrected chi connectivity index (χ3v) is 3.60. The second kappa shape index (κ2) is 3.62. The van der Waals surface area contributed by atoms with Gasteiger partial charge in [0.25, 0.3) is 0 Å². The van der Waals surface area contributed by atoms with Crippen LogP contribution in [0.15, 0.2) is 4.60 Å². The fourth-order valence-electron chi connectivity index (χ4n) is 2.04. The maximum Gasteiger partial charge on any atom is 0.153 e. The Balaban J connectivity index is 2.27. The number of nitrogens with one attached hydrogen (secondary N) is 1. The molecule has 0 aliphatic heterocycles. The molecule has 0 aromatic carbocycles. The fourth-order valence-corrected chi connectivity index (χ4v) is 2.61. The quantitative estimate of drug-likeness (QED) is 0.894. The summed E-state index contributed by atoms with van der Waals surface area (Å²) in [5, 5.41) is 11.4. The van der Waals surface area contributed by atoms with Gasteiger partial charge < -0.3 is 5.32 Å². The van der Waals surface area contributed by atoms with E-state index in [1.807, 2.05) is 18.8 Å². The number of aromatic nitrogens is 3. The smallest absolute Gasteiger partial charge is 0.153 e. The Morgan fingerprint density at radius 1 is 1.64 bits per heavy atom. The van der Waals surface area contributed by atoms with Crippen molar-refractivity contribution in [2.45, 2.75) is 19.4 Å². The van der Waals surface area contributed by atoms with Crippen LogP contribution in [-0.2, 0) is 7.05 Å². The lowest BCUT2D eigenvalue weighted by atomic mass is 10.1. The molecule has 4 nitrogen and oxygen atoms in total. The molecule has 1 heterocycles. The molecule has 1 aliphatic rings. The van der Waals surface area contributed by atoms with Gasteiger partial charge in [0, 0.05) is 7.05 Å². The summed E-state index contributed by atoms with van der Waals surface area (Å²) in [5.41, 5.74) is 1.15. The van der Waals surface area contributed by atoms with Crippen LogP contribution in [0.3, 0.4) is 0 Å². The Kier molecular flexibility index (Phi) is 2.62. The zero-order valence-corrected chi connectivity index (χ0v) is 10.2.